The van der Waals surface area contributed by atoms with Crippen LogP contribution in [0.4, 0.5) is 0 Å². The Bertz CT molecular complexity index is 422. The summed E-state index contributed by atoms with van der Waals surface area (Å²) in [6, 6.07) is 5.01. The fourth-order valence-electron chi connectivity index (χ4n) is 1.96. The summed E-state index contributed by atoms with van der Waals surface area (Å²) in [5.74, 6) is -0.927. The monoisotopic (exact) mass is 285 g/mol. The third-order valence-electron chi connectivity index (χ3n) is 2.84. The molecule has 0 spiro atoms. The van der Waals surface area contributed by atoms with Gasteiger partial charge >= 0.3 is 5.97 Å². The van der Waals surface area contributed by atoms with Crippen LogP contribution in [0.25, 0.3) is 0 Å². The maximum absolute atomic E-state index is 10.8. The van der Waals surface area contributed by atoms with E-state index in [-0.39, 0.29) is 17.7 Å². The SMILES string of the molecule is O=C(O)C1CNC(c2cc(O)ccc2Br)C1. The molecule has 16 heavy (non-hydrogen) atoms. The van der Waals surface area contributed by atoms with Gasteiger partial charge in [-0.1, -0.05) is 15.9 Å². The van der Waals surface area contributed by atoms with Crippen LogP contribution in [0.5, 0.6) is 5.75 Å². The molecule has 1 fully saturated rings. The zero-order valence-corrected chi connectivity index (χ0v) is 10.1. The van der Waals surface area contributed by atoms with Gasteiger partial charge in [-0.15, -0.1) is 0 Å². The van der Waals surface area contributed by atoms with Crippen LogP contribution in [-0.2, 0) is 4.79 Å². The number of benzene rings is 1. The number of carboxylic acids is 1. The molecular weight excluding hydrogens is 274 g/mol. The number of carbonyl (C=O) groups is 1. The molecular formula is C11H12BrNO3. The van der Waals surface area contributed by atoms with Crippen molar-refractivity contribution in [2.24, 2.45) is 5.92 Å². The van der Waals surface area contributed by atoms with Crippen molar-refractivity contribution >= 4 is 21.9 Å². The predicted molar refractivity (Wildman–Crippen MR) is 62.3 cm³/mol. The molecule has 2 atom stereocenters. The summed E-state index contributed by atoms with van der Waals surface area (Å²) in [5, 5.41) is 21.5. The molecule has 0 aromatic heterocycles. The normalized spacial score (nSPS) is 24.6. The third-order valence-corrected chi connectivity index (χ3v) is 3.56. The Hall–Kier alpha value is -1.07. The molecule has 3 N–H and O–H groups in total. The highest BCUT2D eigenvalue weighted by atomic mass is 79.9. The number of halogens is 1. The number of carboxylic acid groups (broad SMARTS) is 1. The van der Waals surface area contributed by atoms with Crippen LogP contribution in [0.1, 0.15) is 18.0 Å². The van der Waals surface area contributed by atoms with Gasteiger partial charge in [-0.3, -0.25) is 4.79 Å². The highest BCUT2D eigenvalue weighted by molar-refractivity contribution is 9.10. The van der Waals surface area contributed by atoms with Gasteiger partial charge in [0.1, 0.15) is 5.75 Å². The molecule has 2 rings (SSSR count). The van der Waals surface area contributed by atoms with E-state index in [1.165, 1.54) is 0 Å². The number of nitrogens with one attached hydrogen (secondary N) is 1. The molecule has 0 amide bonds. The lowest BCUT2D eigenvalue weighted by Gasteiger charge is -2.13. The Labute approximate surface area is 101 Å². The quantitative estimate of drug-likeness (QED) is 0.776. The highest BCUT2D eigenvalue weighted by Crippen LogP contribution is 2.33. The Morgan fingerprint density at radius 2 is 2.25 bits per heavy atom. The van der Waals surface area contributed by atoms with Crippen molar-refractivity contribution in [2.75, 3.05) is 6.54 Å². The van der Waals surface area contributed by atoms with E-state index >= 15 is 0 Å². The van der Waals surface area contributed by atoms with Crippen LogP contribution >= 0.6 is 15.9 Å². The zero-order valence-electron chi connectivity index (χ0n) is 8.48. The number of phenolic OH excluding ortho intramolecular Hbond substituents is 1. The van der Waals surface area contributed by atoms with Gasteiger partial charge in [-0.05, 0) is 30.2 Å². The van der Waals surface area contributed by atoms with Gasteiger partial charge in [-0.25, -0.2) is 0 Å². The van der Waals surface area contributed by atoms with E-state index in [2.05, 4.69) is 21.2 Å². The topological polar surface area (TPSA) is 69.6 Å². The van der Waals surface area contributed by atoms with Crippen molar-refractivity contribution in [3.05, 3.63) is 28.2 Å². The number of aromatic hydroxyl groups is 1. The van der Waals surface area contributed by atoms with E-state index in [1.54, 1.807) is 18.2 Å². The molecule has 2 unspecified atom stereocenters. The standard InChI is InChI=1S/C11H12BrNO3/c12-9-2-1-7(14)4-8(9)10-3-6(5-13-10)11(15)16/h1-2,4,6,10,13-14H,3,5H2,(H,15,16). The maximum Gasteiger partial charge on any atom is 0.307 e. The second-order valence-corrected chi connectivity index (χ2v) is 4.79. The van der Waals surface area contributed by atoms with Gasteiger partial charge in [0.25, 0.3) is 0 Å². The number of phenols is 1. The first-order valence-corrected chi connectivity index (χ1v) is 5.82. The van der Waals surface area contributed by atoms with Gasteiger partial charge in [0, 0.05) is 17.1 Å². The molecule has 0 radical (unpaired) electrons. The lowest BCUT2D eigenvalue weighted by molar-refractivity contribution is -0.141. The van der Waals surface area contributed by atoms with Gasteiger partial charge in [0.2, 0.25) is 0 Å². The van der Waals surface area contributed by atoms with Gasteiger partial charge < -0.3 is 15.5 Å². The lowest BCUT2D eigenvalue weighted by Crippen LogP contribution is -2.17. The van der Waals surface area contributed by atoms with Crippen LogP contribution in [0.15, 0.2) is 22.7 Å². The molecule has 5 heteroatoms. The predicted octanol–water partition coefficient (Wildman–Crippen LogP) is 1.89. The van der Waals surface area contributed by atoms with Crippen LogP contribution in [0.3, 0.4) is 0 Å². The Kier molecular flexibility index (Phi) is 3.16. The minimum Gasteiger partial charge on any atom is -0.508 e. The molecule has 86 valence electrons. The van der Waals surface area contributed by atoms with Crippen molar-refractivity contribution in [3.63, 3.8) is 0 Å². The minimum atomic E-state index is -0.772. The van der Waals surface area contributed by atoms with Gasteiger partial charge in [0.05, 0.1) is 5.92 Å². The summed E-state index contributed by atoms with van der Waals surface area (Å²) in [6.07, 6.45) is 0.553. The zero-order chi connectivity index (χ0) is 11.7. The highest BCUT2D eigenvalue weighted by Gasteiger charge is 2.31. The first-order chi connectivity index (χ1) is 7.58. The molecule has 1 aromatic rings. The first-order valence-electron chi connectivity index (χ1n) is 5.02. The average Bonchev–Trinajstić information content (AvgIpc) is 2.70. The Morgan fingerprint density at radius 1 is 1.50 bits per heavy atom. The molecule has 1 heterocycles. The van der Waals surface area contributed by atoms with E-state index < -0.39 is 5.97 Å². The van der Waals surface area contributed by atoms with Crippen molar-refractivity contribution in [2.45, 2.75) is 12.5 Å². The summed E-state index contributed by atoms with van der Waals surface area (Å²) in [5.41, 5.74) is 0.906. The molecule has 0 aliphatic carbocycles. The number of rotatable bonds is 2. The summed E-state index contributed by atoms with van der Waals surface area (Å²) < 4.78 is 0.883. The van der Waals surface area contributed by atoms with Crippen LogP contribution in [-0.4, -0.2) is 22.7 Å². The molecule has 1 aliphatic heterocycles. The van der Waals surface area contributed by atoms with E-state index in [0.29, 0.717) is 13.0 Å². The Balaban J connectivity index is 2.20. The fraction of sp³-hybridized carbons (Fsp3) is 0.364. The fourth-order valence-corrected chi connectivity index (χ4v) is 2.48. The third kappa shape index (κ3) is 2.20. The number of hydrogen-bond donors (Lipinski definition) is 3. The van der Waals surface area contributed by atoms with E-state index in [1.807, 2.05) is 0 Å². The van der Waals surface area contributed by atoms with E-state index in [9.17, 15) is 9.90 Å². The number of aliphatic carboxylic acids is 1. The second-order valence-electron chi connectivity index (χ2n) is 3.94. The van der Waals surface area contributed by atoms with Crippen LogP contribution < -0.4 is 5.32 Å². The van der Waals surface area contributed by atoms with Gasteiger partial charge in [0.15, 0.2) is 0 Å². The van der Waals surface area contributed by atoms with E-state index in [0.717, 1.165) is 10.0 Å². The Morgan fingerprint density at radius 3 is 2.88 bits per heavy atom. The molecule has 1 saturated heterocycles. The lowest BCUT2D eigenvalue weighted by atomic mass is 10.00. The molecule has 0 bridgehead atoms. The van der Waals surface area contributed by atoms with Crippen molar-refractivity contribution < 1.29 is 15.0 Å². The summed E-state index contributed by atoms with van der Waals surface area (Å²) in [6.45, 7) is 0.474. The summed E-state index contributed by atoms with van der Waals surface area (Å²) >= 11 is 3.40. The first kappa shape index (κ1) is 11.4. The smallest absolute Gasteiger partial charge is 0.307 e. The van der Waals surface area contributed by atoms with E-state index in [4.69, 9.17) is 5.11 Å². The van der Waals surface area contributed by atoms with Crippen LogP contribution in [0.2, 0.25) is 0 Å². The largest absolute Gasteiger partial charge is 0.508 e. The summed E-state index contributed by atoms with van der Waals surface area (Å²) in [7, 11) is 0. The van der Waals surface area contributed by atoms with Gasteiger partial charge in [-0.2, -0.15) is 0 Å². The molecule has 1 aliphatic rings. The number of hydrogen-bond acceptors (Lipinski definition) is 3. The minimum absolute atomic E-state index is 0.0115. The van der Waals surface area contributed by atoms with Crippen molar-refractivity contribution in [3.8, 4) is 5.75 Å². The van der Waals surface area contributed by atoms with Crippen molar-refractivity contribution in [1.82, 2.24) is 5.32 Å². The summed E-state index contributed by atoms with van der Waals surface area (Å²) in [4.78, 5) is 10.8. The second kappa shape index (κ2) is 4.43. The maximum atomic E-state index is 10.8. The average molecular weight is 286 g/mol. The molecule has 4 nitrogen and oxygen atoms in total. The molecule has 0 saturated carbocycles. The molecule has 1 aromatic carbocycles. The van der Waals surface area contributed by atoms with Crippen molar-refractivity contribution in [1.29, 1.82) is 0 Å². The van der Waals surface area contributed by atoms with Crippen LogP contribution in [0, 0.1) is 5.92 Å².